The standard InChI is InChI=1S/C14H24N4O2/c1-15-14(19)12-5-3-4-7-18(12)11-13-16-6-8-17(13)9-10-20-2/h6,8,12H,3-5,7,9-11H2,1-2H3,(H,15,19)/t12-/m0/s1. The zero-order valence-corrected chi connectivity index (χ0v) is 12.3. The lowest BCUT2D eigenvalue weighted by Gasteiger charge is -2.34. The van der Waals surface area contributed by atoms with Crippen molar-refractivity contribution in [3.05, 3.63) is 18.2 Å². The van der Waals surface area contributed by atoms with E-state index < -0.39 is 0 Å². The normalized spacial score (nSPS) is 20.0. The van der Waals surface area contributed by atoms with Crippen LogP contribution in [0.5, 0.6) is 0 Å². The second-order valence-electron chi connectivity index (χ2n) is 5.13. The number of likely N-dealkylation sites (tertiary alicyclic amines) is 1. The Morgan fingerprint density at radius 2 is 2.40 bits per heavy atom. The minimum absolute atomic E-state index is 0.0266. The third-order valence-electron chi connectivity index (χ3n) is 3.85. The van der Waals surface area contributed by atoms with E-state index in [4.69, 9.17) is 4.74 Å². The summed E-state index contributed by atoms with van der Waals surface area (Å²) in [5, 5.41) is 2.77. The topological polar surface area (TPSA) is 59.4 Å². The lowest BCUT2D eigenvalue weighted by molar-refractivity contribution is -0.127. The molecule has 0 aromatic carbocycles. The van der Waals surface area contributed by atoms with E-state index in [0.29, 0.717) is 6.61 Å². The minimum Gasteiger partial charge on any atom is -0.383 e. The number of nitrogens with zero attached hydrogens (tertiary/aromatic N) is 3. The van der Waals surface area contributed by atoms with Gasteiger partial charge in [0, 0.05) is 33.1 Å². The van der Waals surface area contributed by atoms with E-state index in [-0.39, 0.29) is 11.9 Å². The number of hydrogen-bond acceptors (Lipinski definition) is 4. The number of methoxy groups -OCH3 is 1. The molecule has 0 unspecified atom stereocenters. The number of hydrogen-bond donors (Lipinski definition) is 1. The zero-order chi connectivity index (χ0) is 14.4. The van der Waals surface area contributed by atoms with E-state index in [9.17, 15) is 4.79 Å². The Hall–Kier alpha value is -1.40. The molecule has 0 aliphatic carbocycles. The molecule has 1 saturated heterocycles. The first-order valence-electron chi connectivity index (χ1n) is 7.21. The Kier molecular flexibility index (Phi) is 5.55. The van der Waals surface area contributed by atoms with Gasteiger partial charge < -0.3 is 14.6 Å². The molecule has 6 nitrogen and oxygen atoms in total. The van der Waals surface area contributed by atoms with Crippen molar-refractivity contribution in [2.24, 2.45) is 0 Å². The molecule has 0 bridgehead atoms. The molecule has 20 heavy (non-hydrogen) atoms. The second kappa shape index (κ2) is 7.40. The molecule has 1 N–H and O–H groups in total. The fourth-order valence-electron chi connectivity index (χ4n) is 2.71. The summed E-state index contributed by atoms with van der Waals surface area (Å²) in [5.74, 6) is 1.11. The summed E-state index contributed by atoms with van der Waals surface area (Å²) in [6.45, 7) is 3.14. The molecule has 112 valence electrons. The summed E-state index contributed by atoms with van der Waals surface area (Å²) >= 11 is 0. The summed E-state index contributed by atoms with van der Waals surface area (Å²) < 4.78 is 7.21. The van der Waals surface area contributed by atoms with E-state index in [1.54, 1.807) is 14.2 Å². The van der Waals surface area contributed by atoms with Crippen LogP contribution in [0.15, 0.2) is 12.4 Å². The van der Waals surface area contributed by atoms with Gasteiger partial charge in [0.1, 0.15) is 5.82 Å². The van der Waals surface area contributed by atoms with Crippen molar-refractivity contribution < 1.29 is 9.53 Å². The molecule has 1 atom stereocenters. The first-order valence-corrected chi connectivity index (χ1v) is 7.21. The predicted molar refractivity (Wildman–Crippen MR) is 76.2 cm³/mol. The largest absolute Gasteiger partial charge is 0.383 e. The Morgan fingerprint density at radius 1 is 1.55 bits per heavy atom. The van der Waals surface area contributed by atoms with E-state index in [1.807, 2.05) is 12.4 Å². The van der Waals surface area contributed by atoms with Crippen molar-refractivity contribution in [2.45, 2.75) is 38.4 Å². The quantitative estimate of drug-likeness (QED) is 0.830. The van der Waals surface area contributed by atoms with E-state index in [2.05, 4.69) is 19.8 Å². The van der Waals surface area contributed by atoms with Crippen LogP contribution in [0.2, 0.25) is 0 Å². The average Bonchev–Trinajstić information content (AvgIpc) is 2.92. The van der Waals surface area contributed by atoms with Gasteiger partial charge in [-0.25, -0.2) is 4.98 Å². The average molecular weight is 280 g/mol. The van der Waals surface area contributed by atoms with Crippen molar-refractivity contribution in [3.8, 4) is 0 Å². The summed E-state index contributed by atoms with van der Waals surface area (Å²) in [6, 6.07) is -0.0266. The molecule has 1 aliphatic heterocycles. The van der Waals surface area contributed by atoms with Crippen LogP contribution in [0.3, 0.4) is 0 Å². The number of ether oxygens (including phenoxy) is 1. The Balaban J connectivity index is 2.03. The van der Waals surface area contributed by atoms with Gasteiger partial charge in [-0.1, -0.05) is 6.42 Å². The SMILES string of the molecule is CNC(=O)[C@@H]1CCCCN1Cc1nccn1CCOC. The molecular formula is C14H24N4O2. The van der Waals surface area contributed by atoms with Crippen LogP contribution in [-0.4, -0.2) is 53.7 Å². The fraction of sp³-hybridized carbons (Fsp3) is 0.714. The van der Waals surface area contributed by atoms with Gasteiger partial charge in [0.05, 0.1) is 19.2 Å². The molecule has 0 radical (unpaired) electrons. The molecule has 1 aliphatic rings. The Labute approximate surface area is 120 Å². The first-order chi connectivity index (χ1) is 9.76. The third-order valence-corrected chi connectivity index (χ3v) is 3.85. The molecule has 2 rings (SSSR count). The number of rotatable bonds is 6. The number of piperidine rings is 1. The molecule has 1 aromatic heterocycles. The van der Waals surface area contributed by atoms with Gasteiger partial charge in [-0.2, -0.15) is 0 Å². The maximum absolute atomic E-state index is 12.0. The Morgan fingerprint density at radius 3 is 3.15 bits per heavy atom. The number of carbonyl (C=O) groups excluding carboxylic acids is 1. The second-order valence-corrected chi connectivity index (χ2v) is 5.13. The van der Waals surface area contributed by atoms with Gasteiger partial charge in [-0.15, -0.1) is 0 Å². The van der Waals surface area contributed by atoms with Crippen LogP contribution in [0.25, 0.3) is 0 Å². The van der Waals surface area contributed by atoms with E-state index in [0.717, 1.165) is 44.7 Å². The van der Waals surface area contributed by atoms with Crippen molar-refractivity contribution in [2.75, 3.05) is 27.3 Å². The molecule has 1 fully saturated rings. The molecule has 1 aromatic rings. The first kappa shape index (κ1) is 15.0. The zero-order valence-electron chi connectivity index (χ0n) is 12.3. The van der Waals surface area contributed by atoms with Gasteiger partial charge in [0.15, 0.2) is 0 Å². The van der Waals surface area contributed by atoms with Gasteiger partial charge in [-0.05, 0) is 19.4 Å². The van der Waals surface area contributed by atoms with Crippen LogP contribution in [0.4, 0.5) is 0 Å². The van der Waals surface area contributed by atoms with Crippen LogP contribution in [0.1, 0.15) is 25.1 Å². The minimum atomic E-state index is -0.0266. The summed E-state index contributed by atoms with van der Waals surface area (Å²) in [6.07, 6.45) is 6.97. The monoisotopic (exact) mass is 280 g/mol. The maximum atomic E-state index is 12.0. The van der Waals surface area contributed by atoms with Crippen molar-refractivity contribution in [3.63, 3.8) is 0 Å². The maximum Gasteiger partial charge on any atom is 0.237 e. The number of carbonyl (C=O) groups is 1. The molecule has 2 heterocycles. The summed E-state index contributed by atoms with van der Waals surface area (Å²) in [5.41, 5.74) is 0. The Bertz CT molecular complexity index is 433. The van der Waals surface area contributed by atoms with Crippen LogP contribution < -0.4 is 5.32 Å². The van der Waals surface area contributed by atoms with Crippen LogP contribution in [-0.2, 0) is 22.6 Å². The predicted octanol–water partition coefficient (Wildman–Crippen LogP) is 0.630. The number of likely N-dealkylation sites (N-methyl/N-ethyl adjacent to an activating group) is 1. The van der Waals surface area contributed by atoms with Crippen LogP contribution in [0, 0.1) is 0 Å². The molecule has 1 amide bonds. The molecule has 6 heteroatoms. The molecule has 0 saturated carbocycles. The molecular weight excluding hydrogens is 256 g/mol. The summed E-state index contributed by atoms with van der Waals surface area (Å²) in [4.78, 5) is 18.6. The number of nitrogens with one attached hydrogen (secondary N) is 1. The van der Waals surface area contributed by atoms with Gasteiger partial charge in [0.25, 0.3) is 0 Å². The number of aromatic nitrogens is 2. The smallest absolute Gasteiger partial charge is 0.237 e. The third kappa shape index (κ3) is 3.58. The molecule has 0 spiro atoms. The van der Waals surface area contributed by atoms with Crippen molar-refractivity contribution in [1.29, 1.82) is 0 Å². The summed E-state index contributed by atoms with van der Waals surface area (Å²) in [7, 11) is 3.40. The highest BCUT2D eigenvalue weighted by atomic mass is 16.5. The van der Waals surface area contributed by atoms with Crippen LogP contribution >= 0.6 is 0 Å². The van der Waals surface area contributed by atoms with E-state index in [1.165, 1.54) is 0 Å². The van der Waals surface area contributed by atoms with Crippen molar-refractivity contribution >= 4 is 5.91 Å². The van der Waals surface area contributed by atoms with Gasteiger partial charge in [-0.3, -0.25) is 9.69 Å². The lowest BCUT2D eigenvalue weighted by Crippen LogP contribution is -2.48. The highest BCUT2D eigenvalue weighted by Gasteiger charge is 2.28. The lowest BCUT2D eigenvalue weighted by atomic mass is 10.0. The van der Waals surface area contributed by atoms with Gasteiger partial charge in [0.2, 0.25) is 5.91 Å². The van der Waals surface area contributed by atoms with E-state index >= 15 is 0 Å². The van der Waals surface area contributed by atoms with Crippen molar-refractivity contribution in [1.82, 2.24) is 19.8 Å². The fourth-order valence-corrected chi connectivity index (χ4v) is 2.71. The highest BCUT2D eigenvalue weighted by Crippen LogP contribution is 2.19. The number of imidazole rings is 1. The van der Waals surface area contributed by atoms with Gasteiger partial charge >= 0.3 is 0 Å². The number of amides is 1. The highest BCUT2D eigenvalue weighted by molar-refractivity contribution is 5.81.